The highest BCUT2D eigenvalue weighted by molar-refractivity contribution is 8.00. The van der Waals surface area contributed by atoms with Crippen LogP contribution in [0.5, 0.6) is 0 Å². The fourth-order valence-corrected chi connectivity index (χ4v) is 4.04. The van der Waals surface area contributed by atoms with Crippen molar-refractivity contribution in [2.24, 2.45) is 0 Å². The lowest BCUT2D eigenvalue weighted by atomic mass is 9.94. The van der Waals surface area contributed by atoms with Gasteiger partial charge in [-0.2, -0.15) is 4.68 Å². The lowest BCUT2D eigenvalue weighted by molar-refractivity contribution is -0.131. The summed E-state index contributed by atoms with van der Waals surface area (Å²) in [5.41, 5.74) is 0.894. The summed E-state index contributed by atoms with van der Waals surface area (Å²) in [7, 11) is 1.93. The second-order valence-electron chi connectivity index (χ2n) is 6.21. The molecule has 1 aromatic carbocycles. The minimum atomic E-state index is -0.217. The average molecular weight is 345 g/mol. The van der Waals surface area contributed by atoms with Crippen LogP contribution in [0.25, 0.3) is 5.69 Å². The van der Waals surface area contributed by atoms with E-state index in [1.165, 1.54) is 31.0 Å². The normalized spacial score (nSPS) is 16.8. The van der Waals surface area contributed by atoms with Crippen LogP contribution in [-0.4, -0.2) is 49.4 Å². The quantitative estimate of drug-likeness (QED) is 0.780. The molecule has 1 aromatic heterocycles. The molecule has 0 radical (unpaired) electrons. The maximum Gasteiger partial charge on any atom is 0.235 e. The molecule has 1 unspecified atom stereocenters. The lowest BCUT2D eigenvalue weighted by Crippen LogP contribution is -2.42. The van der Waals surface area contributed by atoms with Crippen molar-refractivity contribution in [3.8, 4) is 5.69 Å². The number of carbonyl (C=O) groups excluding carboxylic acids is 1. The van der Waals surface area contributed by atoms with Gasteiger partial charge in [-0.1, -0.05) is 49.2 Å². The number of aromatic nitrogens is 4. The maximum atomic E-state index is 12.7. The van der Waals surface area contributed by atoms with Crippen molar-refractivity contribution in [2.75, 3.05) is 7.05 Å². The molecule has 7 heteroatoms. The number of hydrogen-bond donors (Lipinski definition) is 0. The van der Waals surface area contributed by atoms with Gasteiger partial charge in [-0.05, 0) is 42.3 Å². The van der Waals surface area contributed by atoms with Gasteiger partial charge in [0.2, 0.25) is 11.1 Å². The molecule has 6 nitrogen and oxygen atoms in total. The smallest absolute Gasteiger partial charge is 0.235 e. The van der Waals surface area contributed by atoms with Crippen molar-refractivity contribution in [1.82, 2.24) is 25.1 Å². The summed E-state index contributed by atoms with van der Waals surface area (Å²) < 4.78 is 1.68. The third-order valence-electron chi connectivity index (χ3n) is 4.54. The Balaban J connectivity index is 1.68. The summed E-state index contributed by atoms with van der Waals surface area (Å²) >= 11 is 1.41. The zero-order chi connectivity index (χ0) is 16.9. The molecule has 1 saturated carbocycles. The van der Waals surface area contributed by atoms with Gasteiger partial charge in [0.25, 0.3) is 0 Å². The molecule has 1 atom stereocenters. The van der Waals surface area contributed by atoms with E-state index < -0.39 is 0 Å². The molecule has 2 aromatic rings. The molecule has 1 amide bonds. The van der Waals surface area contributed by atoms with Crippen molar-refractivity contribution in [3.05, 3.63) is 30.3 Å². The zero-order valence-corrected chi connectivity index (χ0v) is 14.9. The van der Waals surface area contributed by atoms with E-state index in [9.17, 15) is 4.79 Å². The predicted octanol–water partition coefficient (Wildman–Crippen LogP) is 2.93. The first-order valence-corrected chi connectivity index (χ1v) is 9.32. The van der Waals surface area contributed by atoms with Crippen molar-refractivity contribution < 1.29 is 4.79 Å². The fraction of sp³-hybridized carbons (Fsp3) is 0.529. The van der Waals surface area contributed by atoms with Gasteiger partial charge in [0.15, 0.2) is 0 Å². The summed E-state index contributed by atoms with van der Waals surface area (Å²) in [6, 6.07) is 10.1. The van der Waals surface area contributed by atoms with Crippen LogP contribution in [0.3, 0.4) is 0 Å². The van der Waals surface area contributed by atoms with Gasteiger partial charge in [0.05, 0.1) is 10.9 Å². The van der Waals surface area contributed by atoms with Crippen LogP contribution in [0.15, 0.2) is 35.5 Å². The van der Waals surface area contributed by atoms with E-state index in [2.05, 4.69) is 15.5 Å². The van der Waals surface area contributed by atoms with Crippen LogP contribution >= 0.6 is 11.8 Å². The number of amides is 1. The summed E-state index contributed by atoms with van der Waals surface area (Å²) in [5, 5.41) is 12.3. The molecule has 0 spiro atoms. The average Bonchev–Trinajstić information content (AvgIpc) is 3.10. The molecule has 24 heavy (non-hydrogen) atoms. The van der Waals surface area contributed by atoms with E-state index in [0.29, 0.717) is 11.2 Å². The summed E-state index contributed by atoms with van der Waals surface area (Å²) in [4.78, 5) is 14.7. The van der Waals surface area contributed by atoms with Crippen LogP contribution in [-0.2, 0) is 4.79 Å². The predicted molar refractivity (Wildman–Crippen MR) is 94.1 cm³/mol. The molecule has 1 aliphatic rings. The minimum absolute atomic E-state index is 0.148. The minimum Gasteiger partial charge on any atom is -0.342 e. The molecule has 0 saturated heterocycles. The number of thioether (sulfide) groups is 1. The van der Waals surface area contributed by atoms with E-state index in [1.807, 2.05) is 49.2 Å². The first-order valence-electron chi connectivity index (χ1n) is 8.44. The number of tetrazole rings is 1. The van der Waals surface area contributed by atoms with Crippen molar-refractivity contribution in [2.45, 2.75) is 55.5 Å². The molecule has 1 aliphatic carbocycles. The first-order chi connectivity index (χ1) is 11.7. The Hall–Kier alpha value is -1.89. The third-order valence-corrected chi connectivity index (χ3v) is 5.56. The Labute approximate surface area is 146 Å². The maximum absolute atomic E-state index is 12.7. The largest absolute Gasteiger partial charge is 0.342 e. The monoisotopic (exact) mass is 345 g/mol. The number of carbonyl (C=O) groups is 1. The second kappa shape index (κ2) is 7.79. The lowest BCUT2D eigenvalue weighted by Gasteiger charge is -2.32. The Bertz CT molecular complexity index is 669. The molecule has 0 N–H and O–H groups in total. The van der Waals surface area contributed by atoms with Gasteiger partial charge >= 0.3 is 0 Å². The summed E-state index contributed by atoms with van der Waals surface area (Å²) in [5.74, 6) is 0.148. The Kier molecular flexibility index (Phi) is 5.50. The zero-order valence-electron chi connectivity index (χ0n) is 14.1. The topological polar surface area (TPSA) is 63.9 Å². The molecule has 1 heterocycles. The fourth-order valence-electron chi connectivity index (χ4n) is 3.13. The summed E-state index contributed by atoms with van der Waals surface area (Å²) in [6.07, 6.45) is 5.95. The number of hydrogen-bond acceptors (Lipinski definition) is 5. The molecule has 128 valence electrons. The highest BCUT2D eigenvalue weighted by atomic mass is 32.2. The number of benzene rings is 1. The summed E-state index contributed by atoms with van der Waals surface area (Å²) in [6.45, 7) is 1.93. The second-order valence-corrected chi connectivity index (χ2v) is 7.52. The Morgan fingerprint density at radius 3 is 2.67 bits per heavy atom. The van der Waals surface area contributed by atoms with Crippen LogP contribution in [0.2, 0.25) is 0 Å². The molecule has 3 rings (SSSR count). The molecule has 0 bridgehead atoms. The highest BCUT2D eigenvalue weighted by Gasteiger charge is 2.27. The van der Waals surface area contributed by atoms with Crippen LogP contribution in [0.1, 0.15) is 39.0 Å². The molecule has 1 fully saturated rings. The van der Waals surface area contributed by atoms with Crippen molar-refractivity contribution in [3.63, 3.8) is 0 Å². The number of nitrogens with zero attached hydrogens (tertiary/aromatic N) is 5. The van der Waals surface area contributed by atoms with E-state index in [-0.39, 0.29) is 11.2 Å². The van der Waals surface area contributed by atoms with Crippen LogP contribution < -0.4 is 0 Å². The molecular weight excluding hydrogens is 322 g/mol. The van der Waals surface area contributed by atoms with E-state index >= 15 is 0 Å². The van der Waals surface area contributed by atoms with Gasteiger partial charge in [-0.25, -0.2) is 0 Å². The van der Waals surface area contributed by atoms with Gasteiger partial charge in [-0.15, -0.1) is 5.10 Å². The van der Waals surface area contributed by atoms with Crippen LogP contribution in [0, 0.1) is 0 Å². The van der Waals surface area contributed by atoms with Crippen molar-refractivity contribution >= 4 is 17.7 Å². The van der Waals surface area contributed by atoms with Crippen LogP contribution in [0.4, 0.5) is 0 Å². The Morgan fingerprint density at radius 2 is 1.96 bits per heavy atom. The van der Waals surface area contributed by atoms with E-state index in [0.717, 1.165) is 18.5 Å². The van der Waals surface area contributed by atoms with E-state index in [4.69, 9.17) is 0 Å². The Morgan fingerprint density at radius 1 is 1.25 bits per heavy atom. The van der Waals surface area contributed by atoms with Gasteiger partial charge in [0.1, 0.15) is 0 Å². The van der Waals surface area contributed by atoms with Gasteiger partial charge in [0, 0.05) is 13.1 Å². The van der Waals surface area contributed by atoms with E-state index in [1.54, 1.807) is 4.68 Å². The SMILES string of the molecule is CC(Sc1nnnn1-c1ccccc1)C(=O)N(C)C1CCCCC1. The standard InChI is InChI=1S/C17H23N5OS/c1-13(16(23)21(2)14-9-5-3-6-10-14)24-17-18-19-20-22(17)15-11-7-4-8-12-15/h4,7-8,11-14H,3,5-6,9-10H2,1-2H3. The first kappa shape index (κ1) is 17.0. The van der Waals surface area contributed by atoms with Gasteiger partial charge < -0.3 is 4.90 Å². The molecular formula is C17H23N5OS. The highest BCUT2D eigenvalue weighted by Crippen LogP contribution is 2.27. The van der Waals surface area contributed by atoms with Gasteiger partial charge in [-0.3, -0.25) is 4.79 Å². The van der Waals surface area contributed by atoms with Crippen molar-refractivity contribution in [1.29, 1.82) is 0 Å². The number of para-hydroxylation sites is 1. The molecule has 0 aliphatic heterocycles. The number of rotatable bonds is 5. The third kappa shape index (κ3) is 3.77.